The van der Waals surface area contributed by atoms with Crippen molar-refractivity contribution in [1.82, 2.24) is 4.90 Å². The quantitative estimate of drug-likeness (QED) is 0.396. The van der Waals surface area contributed by atoms with E-state index in [1.165, 1.54) is 4.90 Å². The highest BCUT2D eigenvalue weighted by Crippen LogP contribution is 2.10. The fourth-order valence-corrected chi connectivity index (χ4v) is 2.13. The standard InChI is InChI=1S/C17H17N3O2/c1-20(11-16(19-18)13-7-3-2-4-8-13)17(22)15-10-6-5-9-14(15)12-21/h2-10,12H,11,18H2,1H3/b19-16-. The average molecular weight is 295 g/mol. The first-order valence-electron chi connectivity index (χ1n) is 6.79. The van der Waals surface area contributed by atoms with E-state index in [-0.39, 0.29) is 12.5 Å². The lowest BCUT2D eigenvalue weighted by Crippen LogP contribution is -2.33. The Kier molecular flexibility index (Phi) is 5.03. The highest BCUT2D eigenvalue weighted by Gasteiger charge is 2.17. The van der Waals surface area contributed by atoms with E-state index in [0.717, 1.165) is 5.56 Å². The van der Waals surface area contributed by atoms with Crippen LogP contribution in [-0.4, -0.2) is 36.4 Å². The Balaban J connectivity index is 2.19. The first kappa shape index (κ1) is 15.4. The molecule has 0 unspecified atom stereocenters. The molecule has 22 heavy (non-hydrogen) atoms. The van der Waals surface area contributed by atoms with Gasteiger partial charge in [-0.3, -0.25) is 9.59 Å². The molecule has 0 aromatic heterocycles. The summed E-state index contributed by atoms with van der Waals surface area (Å²) in [5.41, 5.74) is 2.18. The molecule has 0 radical (unpaired) electrons. The predicted molar refractivity (Wildman–Crippen MR) is 86.0 cm³/mol. The van der Waals surface area contributed by atoms with Gasteiger partial charge in [-0.05, 0) is 11.6 Å². The van der Waals surface area contributed by atoms with Gasteiger partial charge in [0.15, 0.2) is 6.29 Å². The number of carbonyl (C=O) groups is 2. The molecule has 0 heterocycles. The third kappa shape index (κ3) is 3.38. The molecule has 0 aliphatic carbocycles. The van der Waals surface area contributed by atoms with Gasteiger partial charge >= 0.3 is 0 Å². The molecule has 0 saturated carbocycles. The van der Waals surface area contributed by atoms with Crippen LogP contribution in [0.1, 0.15) is 26.3 Å². The Morgan fingerprint density at radius 3 is 2.41 bits per heavy atom. The Morgan fingerprint density at radius 2 is 1.77 bits per heavy atom. The molecule has 0 aliphatic rings. The van der Waals surface area contributed by atoms with Crippen molar-refractivity contribution >= 4 is 17.9 Å². The SMILES string of the molecule is CN(C/C(=N/N)c1ccccc1)C(=O)c1ccccc1C=O. The molecule has 0 saturated heterocycles. The summed E-state index contributed by atoms with van der Waals surface area (Å²) < 4.78 is 0. The summed E-state index contributed by atoms with van der Waals surface area (Å²) in [6.07, 6.45) is 0.677. The van der Waals surface area contributed by atoms with Gasteiger partial charge in [0.2, 0.25) is 0 Å². The molecule has 5 nitrogen and oxygen atoms in total. The predicted octanol–water partition coefficient (Wildman–Crippen LogP) is 1.93. The average Bonchev–Trinajstić information content (AvgIpc) is 2.59. The number of carbonyl (C=O) groups excluding carboxylic acids is 2. The smallest absolute Gasteiger partial charge is 0.254 e. The monoisotopic (exact) mass is 295 g/mol. The van der Waals surface area contributed by atoms with Crippen LogP contribution in [0.15, 0.2) is 59.7 Å². The van der Waals surface area contributed by atoms with Crippen molar-refractivity contribution in [1.29, 1.82) is 0 Å². The van der Waals surface area contributed by atoms with Gasteiger partial charge in [-0.2, -0.15) is 5.10 Å². The van der Waals surface area contributed by atoms with E-state index in [4.69, 9.17) is 5.84 Å². The zero-order chi connectivity index (χ0) is 15.9. The molecule has 112 valence electrons. The van der Waals surface area contributed by atoms with E-state index >= 15 is 0 Å². The summed E-state index contributed by atoms with van der Waals surface area (Å²) in [7, 11) is 1.65. The van der Waals surface area contributed by atoms with Crippen LogP contribution in [0.3, 0.4) is 0 Å². The summed E-state index contributed by atoms with van der Waals surface area (Å²) in [5.74, 6) is 5.19. The van der Waals surface area contributed by atoms with Gasteiger partial charge in [0, 0.05) is 12.6 Å². The van der Waals surface area contributed by atoms with Crippen molar-refractivity contribution in [2.75, 3.05) is 13.6 Å². The number of hydrazone groups is 1. The second-order valence-electron chi connectivity index (χ2n) is 4.81. The van der Waals surface area contributed by atoms with Gasteiger partial charge in [0.1, 0.15) is 0 Å². The topological polar surface area (TPSA) is 75.8 Å². The third-order valence-corrected chi connectivity index (χ3v) is 3.31. The largest absolute Gasteiger partial charge is 0.336 e. The Morgan fingerprint density at radius 1 is 1.14 bits per heavy atom. The molecular formula is C17H17N3O2. The number of hydrogen-bond acceptors (Lipinski definition) is 4. The van der Waals surface area contributed by atoms with Gasteiger partial charge in [0.05, 0.1) is 17.8 Å². The Bertz CT molecular complexity index is 696. The highest BCUT2D eigenvalue weighted by molar-refractivity contribution is 6.06. The molecule has 2 rings (SSSR count). The normalized spacial score (nSPS) is 11.0. The van der Waals surface area contributed by atoms with Crippen LogP contribution >= 0.6 is 0 Å². The van der Waals surface area contributed by atoms with E-state index in [2.05, 4.69) is 5.10 Å². The number of likely N-dealkylation sites (N-methyl/N-ethyl adjacent to an activating group) is 1. The zero-order valence-corrected chi connectivity index (χ0v) is 12.3. The van der Waals surface area contributed by atoms with E-state index in [9.17, 15) is 9.59 Å². The molecule has 1 amide bonds. The molecule has 0 atom stereocenters. The number of aldehydes is 1. The summed E-state index contributed by atoms with van der Waals surface area (Å²) in [5, 5.41) is 3.77. The fourth-order valence-electron chi connectivity index (χ4n) is 2.13. The number of amides is 1. The zero-order valence-electron chi connectivity index (χ0n) is 12.3. The van der Waals surface area contributed by atoms with Crippen molar-refractivity contribution < 1.29 is 9.59 Å². The summed E-state index contributed by atoms with van der Waals surface area (Å²) in [6, 6.07) is 16.1. The maximum atomic E-state index is 12.5. The minimum absolute atomic E-state index is 0.250. The molecule has 0 fully saturated rings. The van der Waals surface area contributed by atoms with Crippen molar-refractivity contribution in [3.8, 4) is 0 Å². The number of benzene rings is 2. The van der Waals surface area contributed by atoms with E-state index in [1.807, 2.05) is 30.3 Å². The first-order chi connectivity index (χ1) is 10.7. The van der Waals surface area contributed by atoms with Crippen LogP contribution in [0.5, 0.6) is 0 Å². The van der Waals surface area contributed by atoms with Gasteiger partial charge < -0.3 is 10.7 Å². The number of rotatable bonds is 5. The molecule has 5 heteroatoms. The lowest BCUT2D eigenvalue weighted by molar-refractivity contribution is 0.0811. The molecular weight excluding hydrogens is 278 g/mol. The minimum atomic E-state index is -0.250. The summed E-state index contributed by atoms with van der Waals surface area (Å²) in [4.78, 5) is 25.0. The second kappa shape index (κ2) is 7.17. The minimum Gasteiger partial charge on any atom is -0.336 e. The van der Waals surface area contributed by atoms with E-state index < -0.39 is 0 Å². The molecule has 0 bridgehead atoms. The lowest BCUT2D eigenvalue weighted by Gasteiger charge is -2.19. The van der Waals surface area contributed by atoms with Crippen LogP contribution in [0, 0.1) is 0 Å². The first-order valence-corrected chi connectivity index (χ1v) is 6.79. The van der Waals surface area contributed by atoms with Gasteiger partial charge in [-0.25, -0.2) is 0 Å². The van der Waals surface area contributed by atoms with Crippen LogP contribution < -0.4 is 5.84 Å². The van der Waals surface area contributed by atoms with Crippen molar-refractivity contribution in [3.05, 3.63) is 71.3 Å². The van der Waals surface area contributed by atoms with E-state index in [0.29, 0.717) is 23.1 Å². The maximum Gasteiger partial charge on any atom is 0.254 e. The summed E-state index contributed by atoms with van der Waals surface area (Å²) in [6.45, 7) is 0.256. The summed E-state index contributed by atoms with van der Waals surface area (Å²) >= 11 is 0. The highest BCUT2D eigenvalue weighted by atomic mass is 16.2. The Hall–Kier alpha value is -2.95. The lowest BCUT2D eigenvalue weighted by atomic mass is 10.1. The second-order valence-corrected chi connectivity index (χ2v) is 4.81. The molecule has 2 N–H and O–H groups in total. The maximum absolute atomic E-state index is 12.5. The van der Waals surface area contributed by atoms with Crippen molar-refractivity contribution in [3.63, 3.8) is 0 Å². The van der Waals surface area contributed by atoms with Gasteiger partial charge in [0.25, 0.3) is 5.91 Å². The van der Waals surface area contributed by atoms with Crippen molar-refractivity contribution in [2.24, 2.45) is 10.9 Å². The van der Waals surface area contributed by atoms with Crippen LogP contribution in [0.4, 0.5) is 0 Å². The number of nitrogens with zero attached hydrogens (tertiary/aromatic N) is 2. The van der Waals surface area contributed by atoms with Gasteiger partial charge in [-0.15, -0.1) is 0 Å². The molecule has 2 aromatic carbocycles. The molecule has 2 aromatic rings. The number of hydrogen-bond donors (Lipinski definition) is 1. The molecule has 0 spiro atoms. The molecule has 0 aliphatic heterocycles. The Labute approximate surface area is 129 Å². The fraction of sp³-hybridized carbons (Fsp3) is 0.118. The van der Waals surface area contributed by atoms with Crippen LogP contribution in [0.2, 0.25) is 0 Å². The van der Waals surface area contributed by atoms with Crippen molar-refractivity contribution in [2.45, 2.75) is 0 Å². The van der Waals surface area contributed by atoms with Crippen LogP contribution in [-0.2, 0) is 0 Å². The third-order valence-electron chi connectivity index (χ3n) is 3.31. The van der Waals surface area contributed by atoms with E-state index in [1.54, 1.807) is 31.3 Å². The number of nitrogens with two attached hydrogens (primary N) is 1. The van der Waals surface area contributed by atoms with Gasteiger partial charge in [-0.1, -0.05) is 48.5 Å². The van der Waals surface area contributed by atoms with Crippen LogP contribution in [0.25, 0.3) is 0 Å².